The zero-order valence-corrected chi connectivity index (χ0v) is 5.23. The smallest absolute Gasteiger partial charge is 0.316 e. The molecule has 0 aromatic carbocycles. The standard InChI is InChI=1S/C4H6O3S/c1-7-4(6)2-8-3-5/h3H,2H2,1H3. The highest BCUT2D eigenvalue weighted by Crippen LogP contribution is 1.91. The first-order valence-corrected chi connectivity index (χ1v) is 2.98. The lowest BCUT2D eigenvalue weighted by molar-refractivity contribution is -0.137. The van der Waals surface area contributed by atoms with E-state index in [1.165, 1.54) is 7.11 Å². The van der Waals surface area contributed by atoms with E-state index >= 15 is 0 Å². The van der Waals surface area contributed by atoms with Crippen molar-refractivity contribution in [3.8, 4) is 0 Å². The molecule has 0 amide bonds. The number of thioether (sulfide) groups is 1. The van der Waals surface area contributed by atoms with Gasteiger partial charge in [-0.25, -0.2) is 0 Å². The zero-order chi connectivity index (χ0) is 6.41. The lowest BCUT2D eigenvalue weighted by Crippen LogP contribution is -2.02. The van der Waals surface area contributed by atoms with Crippen LogP contribution in [0.3, 0.4) is 0 Å². The summed E-state index contributed by atoms with van der Waals surface area (Å²) in [6, 6.07) is 0. The Bertz CT molecular complexity index is 91.3. The summed E-state index contributed by atoms with van der Waals surface area (Å²) in [7, 11) is 1.29. The molecule has 0 radical (unpaired) electrons. The Morgan fingerprint density at radius 3 is 2.88 bits per heavy atom. The van der Waals surface area contributed by atoms with Crippen molar-refractivity contribution in [1.82, 2.24) is 0 Å². The van der Waals surface area contributed by atoms with Crippen LogP contribution in [0.1, 0.15) is 0 Å². The van der Waals surface area contributed by atoms with Crippen molar-refractivity contribution in [2.45, 2.75) is 0 Å². The predicted molar refractivity (Wildman–Crippen MR) is 31.2 cm³/mol. The number of hydrogen-bond donors (Lipinski definition) is 0. The van der Waals surface area contributed by atoms with Gasteiger partial charge >= 0.3 is 5.97 Å². The number of methoxy groups -OCH3 is 1. The van der Waals surface area contributed by atoms with E-state index < -0.39 is 0 Å². The van der Waals surface area contributed by atoms with Crippen molar-refractivity contribution in [3.05, 3.63) is 0 Å². The molecule has 3 nitrogen and oxygen atoms in total. The largest absolute Gasteiger partial charge is 0.468 e. The van der Waals surface area contributed by atoms with Gasteiger partial charge in [-0.1, -0.05) is 11.8 Å². The lowest BCUT2D eigenvalue weighted by Gasteiger charge is -1.90. The molecule has 0 atom stereocenters. The van der Waals surface area contributed by atoms with Gasteiger partial charge in [0.2, 0.25) is 0 Å². The maximum atomic E-state index is 10.2. The number of esters is 1. The number of hydrogen-bond acceptors (Lipinski definition) is 4. The fourth-order valence-electron chi connectivity index (χ4n) is 0.161. The van der Waals surface area contributed by atoms with Gasteiger partial charge in [-0.15, -0.1) is 0 Å². The Morgan fingerprint density at radius 2 is 2.50 bits per heavy atom. The fraction of sp³-hybridized carbons (Fsp3) is 0.500. The minimum atomic E-state index is -0.373. The van der Waals surface area contributed by atoms with Crippen molar-refractivity contribution in [2.24, 2.45) is 0 Å². The first-order chi connectivity index (χ1) is 3.81. The molecule has 0 rings (SSSR count). The molecule has 0 spiro atoms. The van der Waals surface area contributed by atoms with Crippen molar-refractivity contribution in [1.29, 1.82) is 0 Å². The Kier molecular flexibility index (Phi) is 4.35. The molecule has 0 aliphatic heterocycles. The summed E-state index contributed by atoms with van der Waals surface area (Å²) in [6.45, 7) is 0. The zero-order valence-electron chi connectivity index (χ0n) is 4.42. The monoisotopic (exact) mass is 134 g/mol. The van der Waals surface area contributed by atoms with Crippen LogP contribution in [0.15, 0.2) is 0 Å². The van der Waals surface area contributed by atoms with E-state index in [0.717, 1.165) is 11.8 Å². The molecule has 4 heteroatoms. The minimum Gasteiger partial charge on any atom is -0.468 e. The van der Waals surface area contributed by atoms with Crippen LogP contribution in [-0.4, -0.2) is 24.5 Å². The van der Waals surface area contributed by atoms with Crippen LogP contribution in [0.4, 0.5) is 0 Å². The summed E-state index contributed by atoms with van der Waals surface area (Å²) in [5.41, 5.74) is 0.608. The van der Waals surface area contributed by atoms with E-state index in [0.29, 0.717) is 5.62 Å². The van der Waals surface area contributed by atoms with E-state index in [1.54, 1.807) is 0 Å². The molecule has 0 heterocycles. The minimum absolute atomic E-state index is 0.111. The van der Waals surface area contributed by atoms with E-state index in [2.05, 4.69) is 4.74 Å². The summed E-state index contributed by atoms with van der Waals surface area (Å²) in [5.74, 6) is -0.262. The molecule has 0 aliphatic rings. The second kappa shape index (κ2) is 4.64. The van der Waals surface area contributed by atoms with Gasteiger partial charge in [-0.3, -0.25) is 9.59 Å². The van der Waals surface area contributed by atoms with Crippen LogP contribution in [0.2, 0.25) is 0 Å². The first kappa shape index (κ1) is 7.49. The van der Waals surface area contributed by atoms with Crippen LogP contribution >= 0.6 is 11.8 Å². The van der Waals surface area contributed by atoms with Crippen LogP contribution < -0.4 is 0 Å². The van der Waals surface area contributed by atoms with Crippen molar-refractivity contribution in [2.75, 3.05) is 12.9 Å². The summed E-state index contributed by atoms with van der Waals surface area (Å²) in [6.07, 6.45) is 0. The molecule has 46 valence electrons. The quantitative estimate of drug-likeness (QED) is 0.405. The Balaban J connectivity index is 3.11. The molecule has 0 saturated carbocycles. The Hall–Kier alpha value is -0.510. The van der Waals surface area contributed by atoms with Crippen LogP contribution in [0.5, 0.6) is 0 Å². The molecule has 0 N–H and O–H groups in total. The second-order valence-electron chi connectivity index (χ2n) is 0.983. The molecule has 0 unspecified atom stereocenters. The predicted octanol–water partition coefficient (Wildman–Crippen LogP) is 0.0828. The highest BCUT2D eigenvalue weighted by Gasteiger charge is 1.96. The number of carbonyl (C=O) groups excluding carboxylic acids is 2. The summed E-state index contributed by atoms with van der Waals surface area (Å²) in [4.78, 5) is 19.7. The molecular formula is C4H6O3S. The third kappa shape index (κ3) is 3.67. The van der Waals surface area contributed by atoms with Crippen molar-refractivity contribution >= 4 is 23.3 Å². The summed E-state index contributed by atoms with van der Waals surface area (Å²) in [5, 5.41) is 0. The van der Waals surface area contributed by atoms with E-state index in [1.807, 2.05) is 0 Å². The number of rotatable bonds is 3. The fourth-order valence-corrected chi connectivity index (χ4v) is 0.483. The molecule has 8 heavy (non-hydrogen) atoms. The maximum Gasteiger partial charge on any atom is 0.316 e. The highest BCUT2D eigenvalue weighted by molar-refractivity contribution is 8.12. The lowest BCUT2D eigenvalue weighted by atomic mass is 10.8. The van der Waals surface area contributed by atoms with E-state index in [9.17, 15) is 9.59 Å². The van der Waals surface area contributed by atoms with Gasteiger partial charge in [0, 0.05) is 0 Å². The number of carbonyl (C=O) groups is 2. The van der Waals surface area contributed by atoms with Crippen LogP contribution in [0.25, 0.3) is 0 Å². The van der Waals surface area contributed by atoms with Gasteiger partial charge in [0.25, 0.3) is 0 Å². The normalized spacial score (nSPS) is 8.12. The summed E-state index contributed by atoms with van der Waals surface area (Å²) < 4.78 is 4.23. The summed E-state index contributed by atoms with van der Waals surface area (Å²) >= 11 is 0.886. The molecule has 0 aliphatic carbocycles. The van der Waals surface area contributed by atoms with Gasteiger partial charge in [0.1, 0.15) is 0 Å². The SMILES string of the molecule is COC(=O)CSC=O. The van der Waals surface area contributed by atoms with Crippen molar-refractivity contribution in [3.63, 3.8) is 0 Å². The maximum absolute atomic E-state index is 10.2. The average Bonchev–Trinajstić information content (AvgIpc) is 1.83. The third-order valence-corrected chi connectivity index (χ3v) is 1.04. The molecule has 0 fully saturated rings. The Labute approximate surface area is 51.4 Å². The Morgan fingerprint density at radius 1 is 1.88 bits per heavy atom. The first-order valence-electron chi connectivity index (χ1n) is 1.93. The molecule has 0 aromatic rings. The van der Waals surface area contributed by atoms with Gasteiger partial charge in [-0.2, -0.15) is 0 Å². The topological polar surface area (TPSA) is 43.4 Å². The van der Waals surface area contributed by atoms with E-state index in [-0.39, 0.29) is 11.7 Å². The molecular weight excluding hydrogens is 128 g/mol. The average molecular weight is 134 g/mol. The van der Waals surface area contributed by atoms with Crippen LogP contribution in [0, 0.1) is 0 Å². The van der Waals surface area contributed by atoms with Crippen molar-refractivity contribution < 1.29 is 14.3 Å². The molecule has 0 saturated heterocycles. The van der Waals surface area contributed by atoms with E-state index in [4.69, 9.17) is 0 Å². The van der Waals surface area contributed by atoms with Gasteiger partial charge < -0.3 is 4.74 Å². The van der Waals surface area contributed by atoms with Gasteiger partial charge in [0.15, 0.2) is 5.62 Å². The van der Waals surface area contributed by atoms with Crippen LogP contribution in [-0.2, 0) is 14.3 Å². The highest BCUT2D eigenvalue weighted by atomic mass is 32.2. The molecule has 0 bridgehead atoms. The molecule has 0 aromatic heterocycles. The van der Waals surface area contributed by atoms with Gasteiger partial charge in [-0.05, 0) is 0 Å². The number of ether oxygens (including phenoxy) is 1. The van der Waals surface area contributed by atoms with Gasteiger partial charge in [0.05, 0.1) is 12.9 Å². The third-order valence-electron chi connectivity index (χ3n) is 0.497. The second-order valence-corrected chi connectivity index (χ2v) is 1.80.